The Hall–Kier alpha value is -4.66. The van der Waals surface area contributed by atoms with Crippen LogP contribution in [-0.2, 0) is 38.6 Å². The van der Waals surface area contributed by atoms with Crippen molar-refractivity contribution in [1.82, 2.24) is 21.3 Å². The predicted molar refractivity (Wildman–Crippen MR) is 163 cm³/mol. The molecule has 2 aliphatic heterocycles. The molecule has 0 saturated carbocycles. The molecule has 0 aliphatic carbocycles. The highest BCUT2D eigenvalue weighted by Gasteiger charge is 2.30. The maximum atomic E-state index is 13.5. The zero-order chi connectivity index (χ0) is 30.1. The number of hydrogen-bond donors (Lipinski definition) is 5. The van der Waals surface area contributed by atoms with Gasteiger partial charge in [-0.15, -0.1) is 0 Å². The second kappa shape index (κ2) is 14.3. The van der Waals surface area contributed by atoms with Gasteiger partial charge in [0.1, 0.15) is 18.1 Å². The van der Waals surface area contributed by atoms with Gasteiger partial charge in [-0.2, -0.15) is 0 Å². The quantitative estimate of drug-likeness (QED) is 0.309. The number of amides is 4. The first-order chi connectivity index (χ1) is 20.2. The number of rotatable bonds is 3. The van der Waals surface area contributed by atoms with Crippen LogP contribution in [0.15, 0.2) is 78.9 Å². The lowest BCUT2D eigenvalue weighted by atomic mass is 10.0. The molecule has 2 heterocycles. The van der Waals surface area contributed by atoms with E-state index in [1.165, 1.54) is 0 Å². The normalized spacial score (nSPS) is 20.7. The molecule has 220 valence electrons. The highest BCUT2D eigenvalue weighted by atomic mass is 16.2. The summed E-state index contributed by atoms with van der Waals surface area (Å²) in [6, 6.07) is 22.3. The number of hydrogen-bond acceptors (Lipinski definition) is 5. The van der Waals surface area contributed by atoms with Gasteiger partial charge in [0.15, 0.2) is 0 Å². The molecule has 9 nitrogen and oxygen atoms in total. The van der Waals surface area contributed by atoms with Crippen LogP contribution in [0.2, 0.25) is 0 Å². The molecule has 0 fully saturated rings. The number of carbonyl (C=O) groups is 4. The summed E-state index contributed by atoms with van der Waals surface area (Å²) in [5.74, 6) is -1.80. The van der Waals surface area contributed by atoms with Crippen molar-refractivity contribution in [3.8, 4) is 0 Å². The van der Waals surface area contributed by atoms with E-state index in [9.17, 15) is 19.2 Å². The van der Waals surface area contributed by atoms with Gasteiger partial charge in [-0.25, -0.2) is 0 Å². The fourth-order valence-corrected chi connectivity index (χ4v) is 4.76. The third kappa shape index (κ3) is 8.67. The molecule has 4 bridgehead atoms. The molecule has 4 amide bonds. The Morgan fingerprint density at radius 1 is 0.714 bits per heavy atom. The van der Waals surface area contributed by atoms with Gasteiger partial charge in [0, 0.05) is 30.8 Å². The molecule has 0 spiro atoms. The summed E-state index contributed by atoms with van der Waals surface area (Å²) in [5, 5.41) is 14.7. The molecule has 3 aromatic carbocycles. The lowest BCUT2D eigenvalue weighted by Crippen LogP contribution is -2.58. The zero-order valence-electron chi connectivity index (χ0n) is 24.3. The van der Waals surface area contributed by atoms with Gasteiger partial charge in [0.05, 0.1) is 0 Å². The van der Waals surface area contributed by atoms with Crippen molar-refractivity contribution in [2.75, 3.05) is 5.32 Å². The van der Waals surface area contributed by atoms with E-state index in [0.717, 1.165) is 28.1 Å². The fourth-order valence-electron chi connectivity index (χ4n) is 4.76. The van der Waals surface area contributed by atoms with E-state index in [-0.39, 0.29) is 30.6 Å². The first kappa shape index (κ1) is 30.3. The van der Waals surface area contributed by atoms with Gasteiger partial charge < -0.3 is 26.6 Å². The molecule has 3 atom stereocenters. The summed E-state index contributed by atoms with van der Waals surface area (Å²) in [6.07, 6.45) is 0.952. The first-order valence-electron chi connectivity index (χ1n) is 14.3. The Labute approximate surface area is 246 Å². The molecule has 0 radical (unpaired) electrons. The molecule has 0 saturated heterocycles. The van der Waals surface area contributed by atoms with Gasteiger partial charge in [-0.05, 0) is 60.2 Å². The fraction of sp³-hybridized carbons (Fsp3) is 0.333. The third-order valence-corrected chi connectivity index (χ3v) is 7.21. The zero-order valence-corrected chi connectivity index (χ0v) is 24.3. The van der Waals surface area contributed by atoms with E-state index in [2.05, 4.69) is 26.6 Å². The van der Waals surface area contributed by atoms with Gasteiger partial charge in [0.2, 0.25) is 23.6 Å². The van der Waals surface area contributed by atoms with Crippen molar-refractivity contribution < 1.29 is 19.2 Å². The molecule has 2 aliphatic rings. The smallest absolute Gasteiger partial charge is 0.243 e. The van der Waals surface area contributed by atoms with Crippen molar-refractivity contribution in [2.24, 2.45) is 5.92 Å². The second-order valence-corrected chi connectivity index (χ2v) is 11.0. The largest absolute Gasteiger partial charge is 0.356 e. The second-order valence-electron chi connectivity index (χ2n) is 11.0. The van der Waals surface area contributed by atoms with Gasteiger partial charge in [-0.1, -0.05) is 68.4 Å². The van der Waals surface area contributed by atoms with Crippen LogP contribution in [0.25, 0.3) is 0 Å². The van der Waals surface area contributed by atoms with Crippen LogP contribution in [0.5, 0.6) is 0 Å². The average Bonchev–Trinajstić information content (AvgIpc) is 2.98. The summed E-state index contributed by atoms with van der Waals surface area (Å²) in [4.78, 5) is 52.6. The Balaban J connectivity index is 1.59. The van der Waals surface area contributed by atoms with Crippen molar-refractivity contribution in [3.63, 3.8) is 0 Å². The maximum Gasteiger partial charge on any atom is 0.243 e. The minimum absolute atomic E-state index is 0.192. The summed E-state index contributed by atoms with van der Waals surface area (Å²) in [5.41, 5.74) is 4.54. The van der Waals surface area contributed by atoms with Crippen molar-refractivity contribution >= 4 is 35.0 Å². The molecule has 0 unspecified atom stereocenters. The topological polar surface area (TPSA) is 128 Å². The minimum Gasteiger partial charge on any atom is -0.356 e. The van der Waals surface area contributed by atoms with E-state index < -0.39 is 29.9 Å². The molecule has 5 N–H and O–H groups in total. The van der Waals surface area contributed by atoms with Crippen LogP contribution in [0.3, 0.4) is 0 Å². The number of carbonyl (C=O) groups excluding carboxylic acids is 4. The van der Waals surface area contributed by atoms with E-state index >= 15 is 0 Å². The van der Waals surface area contributed by atoms with E-state index in [1.807, 2.05) is 92.7 Å². The van der Waals surface area contributed by atoms with Crippen LogP contribution in [-0.4, -0.2) is 41.8 Å². The lowest BCUT2D eigenvalue weighted by molar-refractivity contribution is -0.134. The van der Waals surface area contributed by atoms with Crippen LogP contribution >= 0.6 is 0 Å². The minimum atomic E-state index is -0.899. The molecule has 0 aromatic heterocycles. The van der Waals surface area contributed by atoms with E-state index in [4.69, 9.17) is 0 Å². The average molecular weight is 570 g/mol. The summed E-state index contributed by atoms with van der Waals surface area (Å²) in [7, 11) is 0. The SMILES string of the molecule is CC(C)[C@@H]1NC(=O)[C@H](Cc2ccccc2)NC(=O)CCc2cccc(c2)Nc2ccc(cc2)CNC(=O)[C@H](C)NC1=O. The van der Waals surface area contributed by atoms with Crippen molar-refractivity contribution in [3.05, 3.63) is 95.6 Å². The van der Waals surface area contributed by atoms with Crippen molar-refractivity contribution in [1.29, 1.82) is 0 Å². The molecular weight excluding hydrogens is 530 g/mol. The highest BCUT2D eigenvalue weighted by molar-refractivity contribution is 5.94. The van der Waals surface area contributed by atoms with E-state index in [0.29, 0.717) is 13.0 Å². The van der Waals surface area contributed by atoms with Gasteiger partial charge >= 0.3 is 0 Å². The Kier molecular flexibility index (Phi) is 10.3. The lowest BCUT2D eigenvalue weighted by Gasteiger charge is -2.26. The summed E-state index contributed by atoms with van der Waals surface area (Å²) < 4.78 is 0. The van der Waals surface area contributed by atoms with E-state index in [1.54, 1.807) is 6.92 Å². The summed E-state index contributed by atoms with van der Waals surface area (Å²) in [6.45, 7) is 5.54. The monoisotopic (exact) mass is 569 g/mol. The third-order valence-electron chi connectivity index (χ3n) is 7.21. The van der Waals surface area contributed by atoms with Gasteiger partial charge in [-0.3, -0.25) is 19.2 Å². The summed E-state index contributed by atoms with van der Waals surface area (Å²) >= 11 is 0. The molecule has 5 rings (SSSR count). The van der Waals surface area contributed by atoms with Crippen LogP contribution in [0.4, 0.5) is 11.4 Å². The van der Waals surface area contributed by atoms with Crippen LogP contribution in [0.1, 0.15) is 43.9 Å². The van der Waals surface area contributed by atoms with Crippen LogP contribution < -0.4 is 26.6 Å². The Morgan fingerprint density at radius 2 is 1.45 bits per heavy atom. The highest BCUT2D eigenvalue weighted by Crippen LogP contribution is 2.19. The predicted octanol–water partition coefficient (Wildman–Crippen LogP) is 3.37. The number of aryl methyl sites for hydroxylation is 1. The maximum absolute atomic E-state index is 13.5. The van der Waals surface area contributed by atoms with Crippen LogP contribution in [0, 0.1) is 5.92 Å². The Bertz CT molecular complexity index is 1390. The van der Waals surface area contributed by atoms with Crippen molar-refractivity contribution in [2.45, 2.75) is 64.7 Å². The number of fused-ring (bicyclic) bond motifs is 15. The number of benzene rings is 3. The van der Waals surface area contributed by atoms with Gasteiger partial charge in [0.25, 0.3) is 0 Å². The molecule has 42 heavy (non-hydrogen) atoms. The number of nitrogens with one attached hydrogen (secondary N) is 5. The molecular formula is C33H39N5O4. The Morgan fingerprint density at radius 3 is 2.17 bits per heavy atom. The molecule has 9 heteroatoms. The number of anilines is 2. The standard InChI is InChI=1S/C33H39N5O4/c1-21(2)30-33(42)35-22(3)31(40)34-20-25-12-15-26(16-13-25)36-27-11-7-10-24(18-27)14-17-29(39)37-28(32(41)38-30)19-23-8-5-4-6-9-23/h4-13,15-16,18,21-22,28,30,36H,14,17,19-20H2,1-3H3,(H,34,40)(H,35,42)(H,37,39)(H,38,41)/t22-,28-,30-/m0/s1. The molecule has 3 aromatic rings. The first-order valence-corrected chi connectivity index (χ1v) is 14.3.